The smallest absolute Gasteiger partial charge is 0.0236 e. The van der Waals surface area contributed by atoms with Crippen molar-refractivity contribution in [3.05, 3.63) is 35.4 Å². The van der Waals surface area contributed by atoms with Gasteiger partial charge in [0.2, 0.25) is 0 Å². The van der Waals surface area contributed by atoms with Crippen LogP contribution in [0.2, 0.25) is 0 Å². The third-order valence-electron chi connectivity index (χ3n) is 2.97. The summed E-state index contributed by atoms with van der Waals surface area (Å²) in [5.74, 6) is 0.622. The van der Waals surface area contributed by atoms with E-state index in [2.05, 4.69) is 56.9 Å². The molecular weight excluding hydrogens is 182 g/mol. The number of hydrogen-bond acceptors (Lipinski definition) is 1. The first kappa shape index (κ1) is 12.3. The molecule has 0 aromatic heterocycles. The van der Waals surface area contributed by atoms with E-state index in [-0.39, 0.29) is 0 Å². The fourth-order valence-electron chi connectivity index (χ4n) is 1.93. The molecule has 0 radical (unpaired) electrons. The largest absolute Gasteiger partial charge is 0.300 e. The summed E-state index contributed by atoms with van der Waals surface area (Å²) in [6, 6.07) is 8.79. The summed E-state index contributed by atoms with van der Waals surface area (Å²) in [5.41, 5.74) is 2.97. The lowest BCUT2D eigenvalue weighted by molar-refractivity contribution is 0.294. The highest BCUT2D eigenvalue weighted by molar-refractivity contribution is 5.29. The van der Waals surface area contributed by atoms with Crippen LogP contribution in [0, 0.1) is 0 Å². The van der Waals surface area contributed by atoms with Gasteiger partial charge in [0.25, 0.3) is 0 Å². The van der Waals surface area contributed by atoms with Crippen LogP contribution in [-0.4, -0.2) is 18.0 Å². The Balaban J connectivity index is 2.83. The Labute approximate surface area is 94.1 Å². The molecule has 84 valence electrons. The van der Waals surface area contributed by atoms with Gasteiger partial charge in [0.15, 0.2) is 0 Å². The van der Waals surface area contributed by atoms with E-state index in [9.17, 15) is 0 Å². The van der Waals surface area contributed by atoms with Gasteiger partial charge in [-0.1, -0.05) is 52.0 Å². The molecule has 1 aromatic carbocycles. The van der Waals surface area contributed by atoms with Crippen LogP contribution in [0.25, 0.3) is 0 Å². The number of hydrogen-bond donors (Lipinski definition) is 0. The Morgan fingerprint density at radius 1 is 1.07 bits per heavy atom. The Bertz CT molecular complexity index is 287. The lowest BCUT2D eigenvalue weighted by Crippen LogP contribution is -2.22. The summed E-state index contributed by atoms with van der Waals surface area (Å²) < 4.78 is 0. The van der Waals surface area contributed by atoms with E-state index >= 15 is 0 Å². The van der Waals surface area contributed by atoms with Crippen LogP contribution in [0.15, 0.2) is 24.3 Å². The highest BCUT2D eigenvalue weighted by Crippen LogP contribution is 2.20. The van der Waals surface area contributed by atoms with Crippen LogP contribution in [0.3, 0.4) is 0 Å². The molecule has 0 unspecified atom stereocenters. The maximum Gasteiger partial charge on any atom is 0.0236 e. The minimum Gasteiger partial charge on any atom is -0.300 e. The molecule has 0 saturated heterocycles. The van der Waals surface area contributed by atoms with Crippen molar-refractivity contribution in [2.75, 3.05) is 13.1 Å². The number of rotatable bonds is 5. The lowest BCUT2D eigenvalue weighted by atomic mass is 9.97. The molecule has 1 aromatic rings. The van der Waals surface area contributed by atoms with Gasteiger partial charge in [0.1, 0.15) is 0 Å². The Morgan fingerprint density at radius 2 is 1.67 bits per heavy atom. The molecule has 0 N–H and O–H groups in total. The van der Waals surface area contributed by atoms with Gasteiger partial charge in [-0.15, -0.1) is 0 Å². The second kappa shape index (κ2) is 5.92. The monoisotopic (exact) mass is 205 g/mol. The molecule has 0 fully saturated rings. The summed E-state index contributed by atoms with van der Waals surface area (Å²) in [5, 5.41) is 0. The van der Waals surface area contributed by atoms with Crippen molar-refractivity contribution in [3.63, 3.8) is 0 Å². The maximum absolute atomic E-state index is 2.46. The topological polar surface area (TPSA) is 3.24 Å². The van der Waals surface area contributed by atoms with E-state index in [1.54, 1.807) is 0 Å². The zero-order chi connectivity index (χ0) is 11.3. The average molecular weight is 205 g/mol. The number of nitrogens with zero attached hydrogens (tertiary/aromatic N) is 1. The van der Waals surface area contributed by atoms with Crippen LogP contribution in [0.4, 0.5) is 0 Å². The van der Waals surface area contributed by atoms with E-state index < -0.39 is 0 Å². The Hall–Kier alpha value is -0.820. The second-order valence-corrected chi connectivity index (χ2v) is 4.31. The van der Waals surface area contributed by atoms with Gasteiger partial charge >= 0.3 is 0 Å². The fraction of sp³-hybridized carbons (Fsp3) is 0.571. The Morgan fingerprint density at radius 3 is 2.20 bits per heavy atom. The van der Waals surface area contributed by atoms with E-state index in [1.807, 2.05) is 0 Å². The highest BCUT2D eigenvalue weighted by atomic mass is 15.1. The van der Waals surface area contributed by atoms with Crippen LogP contribution < -0.4 is 0 Å². The van der Waals surface area contributed by atoms with Gasteiger partial charge in [-0.3, -0.25) is 4.90 Å². The zero-order valence-electron chi connectivity index (χ0n) is 10.5. The molecule has 15 heavy (non-hydrogen) atoms. The third-order valence-corrected chi connectivity index (χ3v) is 2.97. The molecule has 1 nitrogen and oxygen atoms in total. The predicted molar refractivity (Wildman–Crippen MR) is 67.2 cm³/mol. The molecule has 0 aliphatic rings. The molecule has 1 rings (SSSR count). The maximum atomic E-state index is 2.46. The third kappa shape index (κ3) is 3.35. The van der Waals surface area contributed by atoms with Crippen LogP contribution in [0.5, 0.6) is 0 Å². The van der Waals surface area contributed by atoms with E-state index in [4.69, 9.17) is 0 Å². The molecule has 1 heteroatoms. The van der Waals surface area contributed by atoms with Gasteiger partial charge < -0.3 is 0 Å². The summed E-state index contributed by atoms with van der Waals surface area (Å²) >= 11 is 0. The Kier molecular flexibility index (Phi) is 4.83. The van der Waals surface area contributed by atoms with Crippen molar-refractivity contribution in [1.82, 2.24) is 4.90 Å². The second-order valence-electron chi connectivity index (χ2n) is 4.31. The molecule has 0 heterocycles. The van der Waals surface area contributed by atoms with Crippen molar-refractivity contribution >= 4 is 0 Å². The molecule has 0 atom stereocenters. The molecule has 0 bridgehead atoms. The zero-order valence-corrected chi connectivity index (χ0v) is 10.5. The van der Waals surface area contributed by atoms with Crippen molar-refractivity contribution in [2.24, 2.45) is 0 Å². The summed E-state index contributed by atoms with van der Waals surface area (Å²) in [7, 11) is 0. The molecule has 0 spiro atoms. The first-order valence-electron chi connectivity index (χ1n) is 5.99. The normalized spacial score (nSPS) is 11.3. The SMILES string of the molecule is CCN(CC)Cc1ccccc1C(C)C. The van der Waals surface area contributed by atoms with E-state index in [0.717, 1.165) is 19.6 Å². The van der Waals surface area contributed by atoms with Gasteiger partial charge in [0.05, 0.1) is 0 Å². The highest BCUT2D eigenvalue weighted by Gasteiger charge is 2.08. The standard InChI is InChI=1S/C14H23N/c1-5-15(6-2)11-13-9-7-8-10-14(13)12(3)4/h7-10,12H,5-6,11H2,1-4H3. The van der Waals surface area contributed by atoms with E-state index in [1.165, 1.54) is 11.1 Å². The predicted octanol–water partition coefficient (Wildman–Crippen LogP) is 3.65. The first-order valence-corrected chi connectivity index (χ1v) is 5.99. The van der Waals surface area contributed by atoms with Crippen LogP contribution in [-0.2, 0) is 6.54 Å². The molecule has 0 amide bonds. The van der Waals surface area contributed by atoms with Crippen LogP contribution >= 0.6 is 0 Å². The van der Waals surface area contributed by atoms with Gasteiger partial charge in [-0.05, 0) is 30.1 Å². The summed E-state index contributed by atoms with van der Waals surface area (Å²) in [4.78, 5) is 2.46. The van der Waals surface area contributed by atoms with Crippen LogP contribution in [0.1, 0.15) is 44.7 Å². The first-order chi connectivity index (χ1) is 7.19. The van der Waals surface area contributed by atoms with Gasteiger partial charge in [-0.2, -0.15) is 0 Å². The summed E-state index contributed by atoms with van der Waals surface area (Å²) in [6.07, 6.45) is 0. The van der Waals surface area contributed by atoms with E-state index in [0.29, 0.717) is 5.92 Å². The quantitative estimate of drug-likeness (QED) is 0.709. The van der Waals surface area contributed by atoms with Gasteiger partial charge in [0, 0.05) is 6.54 Å². The lowest BCUT2D eigenvalue weighted by Gasteiger charge is -2.21. The van der Waals surface area contributed by atoms with Crippen molar-refractivity contribution < 1.29 is 0 Å². The van der Waals surface area contributed by atoms with Gasteiger partial charge in [-0.25, -0.2) is 0 Å². The molecule has 0 aliphatic heterocycles. The molecule has 0 saturated carbocycles. The minimum atomic E-state index is 0.622. The molecule has 0 aliphatic carbocycles. The van der Waals surface area contributed by atoms with Crippen molar-refractivity contribution in [2.45, 2.75) is 40.2 Å². The van der Waals surface area contributed by atoms with Crippen molar-refractivity contribution in [3.8, 4) is 0 Å². The molecular formula is C14H23N. The number of benzene rings is 1. The summed E-state index contributed by atoms with van der Waals surface area (Å²) in [6.45, 7) is 12.3. The van der Waals surface area contributed by atoms with Crippen molar-refractivity contribution in [1.29, 1.82) is 0 Å². The average Bonchev–Trinajstić information content (AvgIpc) is 2.26. The fourth-order valence-corrected chi connectivity index (χ4v) is 1.93. The minimum absolute atomic E-state index is 0.622.